The van der Waals surface area contributed by atoms with Crippen molar-refractivity contribution in [2.24, 2.45) is 0 Å². The van der Waals surface area contributed by atoms with Crippen LogP contribution in [0.3, 0.4) is 0 Å². The number of rotatable bonds is 2. The van der Waals surface area contributed by atoms with Crippen molar-refractivity contribution in [2.45, 2.75) is 23.7 Å². The van der Waals surface area contributed by atoms with Gasteiger partial charge < -0.3 is 4.40 Å². The molecule has 6 aliphatic rings. The molecule has 2 heterocycles. The Kier molecular flexibility index (Phi) is 6.33. The summed E-state index contributed by atoms with van der Waals surface area (Å²) < 4.78 is 2.44. The van der Waals surface area contributed by atoms with Crippen LogP contribution in [0.15, 0.2) is 182 Å². The summed E-state index contributed by atoms with van der Waals surface area (Å²) in [5, 5.41) is 16.0. The molecule has 3 nitrogen and oxygen atoms in total. The fourth-order valence-corrected chi connectivity index (χ4v) is 13.0. The first-order valence-corrected chi connectivity index (χ1v) is 22.0. The van der Waals surface area contributed by atoms with Gasteiger partial charge in [0.2, 0.25) is 0 Å². The average molecular weight is 799 g/mol. The molecule has 0 amide bonds. The highest BCUT2D eigenvalue weighted by molar-refractivity contribution is 6.32. The summed E-state index contributed by atoms with van der Waals surface area (Å²) in [6.45, 7) is 0. The number of benzene rings is 9. The topological polar surface area (TPSA) is 45.3 Å². The number of fused-ring (bicyclic) bond motifs is 6. The number of ketones is 1. The van der Waals surface area contributed by atoms with Crippen LogP contribution in [-0.2, 0) is 0 Å². The summed E-state index contributed by atoms with van der Waals surface area (Å²) in [4.78, 5) is 15.4. The lowest BCUT2D eigenvalue weighted by molar-refractivity contribution is 0.0974. The van der Waals surface area contributed by atoms with Crippen molar-refractivity contribution in [2.75, 3.05) is 0 Å². The zero-order valence-electron chi connectivity index (χ0n) is 33.9. The third kappa shape index (κ3) is 4.03. The molecule has 0 atom stereocenters. The van der Waals surface area contributed by atoms with Gasteiger partial charge in [-0.2, -0.15) is 5.26 Å². The van der Waals surface area contributed by atoms with E-state index in [4.69, 9.17) is 0 Å². The Labute approximate surface area is 363 Å². The first-order chi connectivity index (χ1) is 31.2. The molecule has 6 aliphatic carbocycles. The maximum Gasteiger partial charge on any atom is 0.175 e. The molecule has 0 N–H and O–H groups in total. The molecule has 2 aromatic heterocycles. The van der Waals surface area contributed by atoms with E-state index in [0.717, 1.165) is 66.4 Å². The SMILES string of the molecule is N#Cc1cc2c(c3c1C1c4ccccc4C3c3ccccc31)c1c(-c3ccccc3)cc(-c3ccccc3)c3c4cc5c(cc4n2c31)C(=O)C1c2ccccc2C5c2ccccc21. The van der Waals surface area contributed by atoms with Gasteiger partial charge in [0, 0.05) is 44.9 Å². The number of carbonyl (C=O) groups excluding carboxylic acids is 1. The molecule has 0 saturated carbocycles. The zero-order chi connectivity index (χ0) is 41.2. The van der Waals surface area contributed by atoms with Crippen LogP contribution >= 0.6 is 0 Å². The Hall–Kier alpha value is -8.06. The minimum atomic E-state index is -0.379. The Morgan fingerprint density at radius 2 is 0.857 bits per heavy atom. The first-order valence-electron chi connectivity index (χ1n) is 22.0. The minimum Gasteiger partial charge on any atom is -0.308 e. The predicted octanol–water partition coefficient (Wildman–Crippen LogP) is 13.9. The number of nitrogens with zero attached hydrogens (tertiary/aromatic N) is 2. The number of hydrogen-bond donors (Lipinski definition) is 0. The van der Waals surface area contributed by atoms with E-state index in [1.54, 1.807) is 0 Å². The molecule has 0 unspecified atom stereocenters. The normalized spacial score (nSPS) is 18.5. The molecule has 0 fully saturated rings. The Bertz CT molecular complexity index is 3810. The van der Waals surface area contributed by atoms with Gasteiger partial charge in [-0.05, 0) is 108 Å². The summed E-state index contributed by atoms with van der Waals surface area (Å²) >= 11 is 0. The van der Waals surface area contributed by atoms with Crippen molar-refractivity contribution in [3.63, 3.8) is 0 Å². The van der Waals surface area contributed by atoms with Gasteiger partial charge in [0.05, 0.1) is 34.1 Å². The van der Waals surface area contributed by atoms with E-state index < -0.39 is 0 Å². The second-order valence-corrected chi connectivity index (χ2v) is 18.0. The van der Waals surface area contributed by atoms with E-state index in [-0.39, 0.29) is 29.5 Å². The summed E-state index contributed by atoms with van der Waals surface area (Å²) in [6, 6.07) is 68.5. The highest BCUT2D eigenvalue weighted by Gasteiger charge is 2.46. The van der Waals surface area contributed by atoms with Gasteiger partial charge in [-0.3, -0.25) is 4.79 Å². The summed E-state index contributed by atoms with van der Waals surface area (Å²) in [7, 11) is 0. The molecular formula is C60H34N2O. The molecule has 3 heteroatoms. The van der Waals surface area contributed by atoms with Crippen LogP contribution in [0.4, 0.5) is 0 Å². The van der Waals surface area contributed by atoms with Crippen molar-refractivity contribution < 1.29 is 4.79 Å². The third-order valence-corrected chi connectivity index (χ3v) is 15.3. The van der Waals surface area contributed by atoms with Crippen molar-refractivity contribution in [1.82, 2.24) is 4.40 Å². The molecule has 11 aromatic rings. The molecule has 0 radical (unpaired) electrons. The van der Waals surface area contributed by atoms with Gasteiger partial charge in [0.1, 0.15) is 0 Å². The number of nitriles is 1. The molecule has 9 aromatic carbocycles. The van der Waals surface area contributed by atoms with E-state index in [1.165, 1.54) is 60.7 Å². The van der Waals surface area contributed by atoms with Crippen LogP contribution in [0, 0.1) is 11.3 Å². The van der Waals surface area contributed by atoms with Crippen LogP contribution < -0.4 is 0 Å². The van der Waals surface area contributed by atoms with Gasteiger partial charge in [-0.1, -0.05) is 158 Å². The van der Waals surface area contributed by atoms with E-state index >= 15 is 4.79 Å². The molecule has 63 heavy (non-hydrogen) atoms. The lowest BCUT2D eigenvalue weighted by atomic mass is 9.59. The standard InChI is InChI=1S/C60H34N2O/c61-31-34-27-49-57(58-50(34)52-37-21-9-11-23-39(37)53(58)40-24-12-10-22-38(40)52)56-44(33-17-5-2-6-18-33)28-43(32-15-3-1-4-16-32)54-47-29-45-46(30-48(47)62(49)59(54)56)60(63)55-41-25-13-7-19-35(41)51(45)36-20-8-14-26-42(36)55/h1-30,51-53,55H. The Morgan fingerprint density at radius 3 is 1.38 bits per heavy atom. The van der Waals surface area contributed by atoms with Crippen LogP contribution in [0.25, 0.3) is 60.3 Å². The van der Waals surface area contributed by atoms with Crippen LogP contribution in [0.2, 0.25) is 0 Å². The van der Waals surface area contributed by atoms with E-state index in [1.807, 2.05) is 0 Å². The van der Waals surface area contributed by atoms with Crippen LogP contribution in [0.1, 0.15) is 101 Å². The molecule has 0 spiro atoms. The monoisotopic (exact) mass is 798 g/mol. The summed E-state index contributed by atoms with van der Waals surface area (Å²) in [6.07, 6.45) is 0. The predicted molar refractivity (Wildman–Crippen MR) is 251 cm³/mol. The van der Waals surface area contributed by atoms with Crippen molar-refractivity contribution >= 4 is 43.9 Å². The van der Waals surface area contributed by atoms with E-state index in [2.05, 4.69) is 192 Å². The molecule has 0 saturated heterocycles. The van der Waals surface area contributed by atoms with Crippen molar-refractivity contribution in [3.05, 3.63) is 254 Å². The molecular weight excluding hydrogens is 765 g/mol. The minimum absolute atomic E-state index is 0.0479. The Balaban J connectivity index is 1.17. The number of Topliss-reactive ketones (excluding diaryl/α,β-unsaturated/α-hetero) is 1. The van der Waals surface area contributed by atoms with Gasteiger partial charge in [-0.15, -0.1) is 0 Å². The second-order valence-electron chi connectivity index (χ2n) is 18.0. The van der Waals surface area contributed by atoms with E-state index in [0.29, 0.717) is 5.56 Å². The van der Waals surface area contributed by atoms with Crippen LogP contribution in [-0.4, -0.2) is 10.2 Å². The maximum atomic E-state index is 15.4. The Morgan fingerprint density at radius 1 is 0.397 bits per heavy atom. The van der Waals surface area contributed by atoms with Crippen molar-refractivity contribution in [1.29, 1.82) is 5.26 Å². The van der Waals surface area contributed by atoms with Gasteiger partial charge in [0.15, 0.2) is 5.78 Å². The van der Waals surface area contributed by atoms with Gasteiger partial charge in [0.25, 0.3) is 0 Å². The average Bonchev–Trinajstić information content (AvgIpc) is 3.80. The van der Waals surface area contributed by atoms with Crippen LogP contribution in [0.5, 0.6) is 0 Å². The fourth-order valence-electron chi connectivity index (χ4n) is 13.0. The molecule has 4 bridgehead atoms. The third-order valence-electron chi connectivity index (χ3n) is 15.3. The number of aromatic nitrogens is 1. The summed E-state index contributed by atoms with van der Waals surface area (Å²) in [5.41, 5.74) is 22.5. The molecule has 290 valence electrons. The number of carbonyl (C=O) groups is 1. The highest BCUT2D eigenvalue weighted by Crippen LogP contribution is 2.61. The lowest BCUT2D eigenvalue weighted by Gasteiger charge is -2.43. The van der Waals surface area contributed by atoms with Crippen molar-refractivity contribution in [3.8, 4) is 28.3 Å². The smallest absolute Gasteiger partial charge is 0.175 e. The largest absolute Gasteiger partial charge is 0.308 e. The number of hydrogen-bond acceptors (Lipinski definition) is 2. The lowest BCUT2D eigenvalue weighted by Crippen LogP contribution is -2.28. The fraction of sp³-hybridized carbons (Fsp3) is 0.0667. The molecule has 0 aliphatic heterocycles. The highest BCUT2D eigenvalue weighted by atomic mass is 16.1. The van der Waals surface area contributed by atoms with Gasteiger partial charge in [-0.25, -0.2) is 0 Å². The maximum absolute atomic E-state index is 15.4. The quantitative estimate of drug-likeness (QED) is 0.175. The van der Waals surface area contributed by atoms with Gasteiger partial charge >= 0.3 is 0 Å². The summed E-state index contributed by atoms with van der Waals surface area (Å²) in [5.74, 6) is -0.418. The first kappa shape index (κ1) is 33.6. The van der Waals surface area contributed by atoms with E-state index in [9.17, 15) is 5.26 Å². The zero-order valence-corrected chi connectivity index (χ0v) is 33.9. The molecule has 17 rings (SSSR count). The second kappa shape index (κ2) is 11.9.